The molecular weight excluding hydrogens is 325 g/mol. The lowest BCUT2D eigenvalue weighted by Gasteiger charge is -2.18. The van der Waals surface area contributed by atoms with Crippen molar-refractivity contribution < 1.29 is 13.2 Å². The third kappa shape index (κ3) is 4.31. The number of pyridine rings is 1. The maximum atomic E-state index is 12.0. The maximum Gasteiger partial charge on any atom is 0.242 e. The number of carbonyl (C=O) groups is 1. The minimum absolute atomic E-state index is 0.0184. The second-order valence-corrected chi connectivity index (χ2v) is 6.37. The van der Waals surface area contributed by atoms with Crippen LogP contribution in [0, 0.1) is 0 Å². The number of rotatable bonds is 6. The van der Waals surface area contributed by atoms with Crippen LogP contribution in [-0.4, -0.2) is 43.8 Å². The van der Waals surface area contributed by atoms with E-state index >= 15 is 0 Å². The summed E-state index contributed by atoms with van der Waals surface area (Å²) in [5, 5.41) is 0.0504. The van der Waals surface area contributed by atoms with Gasteiger partial charge in [-0.15, -0.1) is 0 Å². The first-order valence-electron chi connectivity index (χ1n) is 5.90. The van der Waals surface area contributed by atoms with Crippen molar-refractivity contribution in [1.29, 1.82) is 0 Å². The first-order valence-corrected chi connectivity index (χ1v) is 8.14. The van der Waals surface area contributed by atoms with Gasteiger partial charge >= 0.3 is 0 Å². The van der Waals surface area contributed by atoms with Gasteiger partial charge in [0, 0.05) is 19.3 Å². The normalized spacial score (nSPS) is 11.4. The van der Waals surface area contributed by atoms with Gasteiger partial charge in [0.25, 0.3) is 0 Å². The number of nitrogens with zero attached hydrogens (tertiary/aromatic N) is 2. The van der Waals surface area contributed by atoms with Crippen LogP contribution in [0.1, 0.15) is 13.8 Å². The molecule has 0 aromatic carbocycles. The Hall–Kier alpha value is -0.890. The van der Waals surface area contributed by atoms with E-state index in [4.69, 9.17) is 23.2 Å². The van der Waals surface area contributed by atoms with Gasteiger partial charge in [0.15, 0.2) is 0 Å². The van der Waals surface area contributed by atoms with Crippen LogP contribution in [0.4, 0.5) is 0 Å². The molecule has 1 amide bonds. The maximum absolute atomic E-state index is 12.0. The fourth-order valence-electron chi connectivity index (χ4n) is 1.48. The molecule has 1 rings (SSSR count). The molecule has 0 aliphatic rings. The summed E-state index contributed by atoms with van der Waals surface area (Å²) in [5.41, 5.74) is 0. The van der Waals surface area contributed by atoms with Crippen LogP contribution in [0.25, 0.3) is 0 Å². The minimum Gasteiger partial charge on any atom is -0.342 e. The summed E-state index contributed by atoms with van der Waals surface area (Å²) >= 11 is 11.3. The first-order chi connectivity index (χ1) is 9.31. The lowest BCUT2D eigenvalue weighted by Crippen LogP contribution is -2.39. The molecule has 0 saturated carbocycles. The standard InChI is InChI=1S/C11H15Cl2N3O3S/c1-3-16(4-2)10(17)7-15-20(18,19)8-5-9(12)11(13)14-6-8/h5-6,15H,3-4,7H2,1-2H3. The van der Waals surface area contributed by atoms with Gasteiger partial charge in [-0.2, -0.15) is 0 Å². The van der Waals surface area contributed by atoms with Gasteiger partial charge in [-0.3, -0.25) is 4.79 Å². The Morgan fingerprint density at radius 3 is 2.45 bits per heavy atom. The van der Waals surface area contributed by atoms with Crippen molar-refractivity contribution in [3.63, 3.8) is 0 Å². The topological polar surface area (TPSA) is 79.4 Å². The lowest BCUT2D eigenvalue weighted by molar-refractivity contribution is -0.129. The van der Waals surface area contributed by atoms with E-state index in [1.54, 1.807) is 0 Å². The summed E-state index contributed by atoms with van der Waals surface area (Å²) in [6, 6.07) is 1.18. The van der Waals surface area contributed by atoms with E-state index in [1.165, 1.54) is 11.0 Å². The van der Waals surface area contributed by atoms with Crippen LogP contribution in [0.15, 0.2) is 17.2 Å². The molecule has 0 spiro atoms. The van der Waals surface area contributed by atoms with E-state index in [9.17, 15) is 13.2 Å². The van der Waals surface area contributed by atoms with Crippen molar-refractivity contribution in [3.8, 4) is 0 Å². The average Bonchev–Trinajstić information content (AvgIpc) is 2.41. The zero-order valence-corrected chi connectivity index (χ0v) is 13.4. The molecule has 0 unspecified atom stereocenters. The van der Waals surface area contributed by atoms with Gasteiger partial charge in [0.05, 0.1) is 11.6 Å². The highest BCUT2D eigenvalue weighted by atomic mass is 35.5. The zero-order valence-electron chi connectivity index (χ0n) is 11.1. The summed E-state index contributed by atoms with van der Waals surface area (Å²) in [7, 11) is -3.85. The minimum atomic E-state index is -3.85. The Morgan fingerprint density at radius 1 is 1.35 bits per heavy atom. The lowest BCUT2D eigenvalue weighted by atomic mass is 10.4. The molecule has 0 saturated heterocycles. The van der Waals surface area contributed by atoms with Crippen LogP contribution >= 0.6 is 23.2 Å². The molecule has 20 heavy (non-hydrogen) atoms. The number of aromatic nitrogens is 1. The summed E-state index contributed by atoms with van der Waals surface area (Å²) in [5.74, 6) is -0.299. The summed E-state index contributed by atoms with van der Waals surface area (Å²) in [4.78, 5) is 16.8. The van der Waals surface area contributed by atoms with E-state index in [0.29, 0.717) is 13.1 Å². The van der Waals surface area contributed by atoms with Crippen molar-refractivity contribution in [2.75, 3.05) is 19.6 Å². The second kappa shape index (κ2) is 7.21. The molecule has 0 aliphatic heterocycles. The fourth-order valence-corrected chi connectivity index (χ4v) is 2.76. The number of nitrogens with one attached hydrogen (secondary N) is 1. The van der Waals surface area contributed by atoms with Gasteiger partial charge in [-0.1, -0.05) is 23.2 Å². The Bertz CT molecular complexity index is 589. The third-order valence-electron chi connectivity index (χ3n) is 2.61. The molecule has 112 valence electrons. The highest BCUT2D eigenvalue weighted by Gasteiger charge is 2.19. The van der Waals surface area contributed by atoms with Crippen molar-refractivity contribution in [3.05, 3.63) is 22.4 Å². The molecule has 6 nitrogen and oxygen atoms in total. The molecule has 1 heterocycles. The molecule has 0 bridgehead atoms. The number of halogens is 2. The summed E-state index contributed by atoms with van der Waals surface area (Å²) in [6.45, 7) is 4.36. The molecular formula is C11H15Cl2N3O3S. The van der Waals surface area contributed by atoms with E-state index in [-0.39, 0.29) is 27.5 Å². The number of hydrogen-bond donors (Lipinski definition) is 1. The Kier molecular flexibility index (Phi) is 6.19. The predicted octanol–water partition coefficient (Wildman–Crippen LogP) is 1.54. The summed E-state index contributed by atoms with van der Waals surface area (Å²) < 4.78 is 26.2. The average molecular weight is 340 g/mol. The highest BCUT2D eigenvalue weighted by molar-refractivity contribution is 7.89. The monoisotopic (exact) mass is 339 g/mol. The summed E-state index contributed by atoms with van der Waals surface area (Å²) in [6.07, 6.45) is 1.08. The van der Waals surface area contributed by atoms with Crippen molar-refractivity contribution in [2.45, 2.75) is 18.7 Å². The van der Waals surface area contributed by atoms with Crippen LogP contribution in [0.2, 0.25) is 10.2 Å². The quantitative estimate of drug-likeness (QED) is 0.797. The number of sulfonamides is 1. The Labute approximate surface area is 128 Å². The predicted molar refractivity (Wildman–Crippen MR) is 77.4 cm³/mol. The Morgan fingerprint density at radius 2 is 1.95 bits per heavy atom. The van der Waals surface area contributed by atoms with Crippen LogP contribution in [0.3, 0.4) is 0 Å². The number of hydrogen-bond acceptors (Lipinski definition) is 4. The highest BCUT2D eigenvalue weighted by Crippen LogP contribution is 2.21. The first kappa shape index (κ1) is 17.2. The van der Waals surface area contributed by atoms with Gasteiger partial charge in [-0.25, -0.2) is 18.1 Å². The van der Waals surface area contributed by atoms with Gasteiger partial charge in [0.2, 0.25) is 15.9 Å². The van der Waals surface area contributed by atoms with E-state index in [0.717, 1.165) is 6.20 Å². The molecule has 0 atom stereocenters. The molecule has 0 radical (unpaired) electrons. The zero-order chi connectivity index (χ0) is 15.3. The van der Waals surface area contributed by atoms with Gasteiger partial charge < -0.3 is 4.90 Å². The fraction of sp³-hybridized carbons (Fsp3) is 0.455. The van der Waals surface area contributed by atoms with Crippen molar-refractivity contribution >= 4 is 39.1 Å². The molecule has 1 aromatic rings. The molecule has 0 fully saturated rings. The van der Waals surface area contributed by atoms with Crippen molar-refractivity contribution in [1.82, 2.24) is 14.6 Å². The smallest absolute Gasteiger partial charge is 0.242 e. The third-order valence-corrected chi connectivity index (χ3v) is 4.67. The SMILES string of the molecule is CCN(CC)C(=O)CNS(=O)(=O)c1cnc(Cl)c(Cl)c1. The van der Waals surface area contributed by atoms with E-state index < -0.39 is 10.0 Å². The molecule has 9 heteroatoms. The Balaban J connectivity index is 2.80. The molecule has 0 aliphatic carbocycles. The second-order valence-electron chi connectivity index (χ2n) is 3.83. The van der Waals surface area contributed by atoms with Crippen LogP contribution < -0.4 is 4.72 Å². The van der Waals surface area contributed by atoms with E-state index in [1.807, 2.05) is 13.8 Å². The van der Waals surface area contributed by atoms with Crippen molar-refractivity contribution in [2.24, 2.45) is 0 Å². The number of likely N-dealkylation sites (N-methyl/N-ethyl adjacent to an activating group) is 1. The molecule has 1 N–H and O–H groups in total. The largest absolute Gasteiger partial charge is 0.342 e. The van der Waals surface area contributed by atoms with Crippen LogP contribution in [0.5, 0.6) is 0 Å². The number of amides is 1. The van der Waals surface area contributed by atoms with E-state index in [2.05, 4.69) is 9.71 Å². The molecule has 1 aromatic heterocycles. The van der Waals surface area contributed by atoms with Gasteiger partial charge in [-0.05, 0) is 19.9 Å². The van der Waals surface area contributed by atoms with Crippen LogP contribution in [-0.2, 0) is 14.8 Å². The number of carbonyl (C=O) groups excluding carboxylic acids is 1. The van der Waals surface area contributed by atoms with Gasteiger partial charge in [0.1, 0.15) is 10.0 Å².